The van der Waals surface area contributed by atoms with Crippen LogP contribution in [0.15, 0.2) is 52.1 Å². The van der Waals surface area contributed by atoms with Crippen LogP contribution < -0.4 is 5.32 Å². The Hall–Kier alpha value is -2.23. The van der Waals surface area contributed by atoms with Gasteiger partial charge in [-0.1, -0.05) is 30.3 Å². The molecule has 1 aromatic rings. The number of amidine groups is 1. The number of nitrogens with zero attached hydrogens (tertiary/aromatic N) is 2. The van der Waals surface area contributed by atoms with Gasteiger partial charge in [-0.15, -0.1) is 0 Å². The third-order valence-corrected chi connectivity index (χ3v) is 2.71. The summed E-state index contributed by atoms with van der Waals surface area (Å²) in [6.07, 6.45) is 2.55. The van der Waals surface area contributed by atoms with Gasteiger partial charge >= 0.3 is 0 Å². The average molecular weight is 225 g/mol. The molecule has 0 fully saturated rings. The van der Waals surface area contributed by atoms with Gasteiger partial charge in [0.05, 0.1) is 5.70 Å². The minimum Gasteiger partial charge on any atom is -0.347 e. The summed E-state index contributed by atoms with van der Waals surface area (Å²) in [4.78, 5) is 20.2. The molecule has 0 aliphatic carbocycles. The quantitative estimate of drug-likeness (QED) is 0.805. The van der Waals surface area contributed by atoms with E-state index in [1.54, 1.807) is 0 Å². The normalized spacial score (nSPS) is 17.9. The van der Waals surface area contributed by atoms with E-state index < -0.39 is 0 Å². The molecule has 0 spiro atoms. The van der Waals surface area contributed by atoms with Gasteiger partial charge in [-0.3, -0.25) is 4.79 Å². The Bertz CT molecular complexity index is 555. The van der Waals surface area contributed by atoms with Crippen molar-refractivity contribution in [2.24, 2.45) is 9.98 Å². The first-order valence-electron chi connectivity index (χ1n) is 5.52. The Morgan fingerprint density at radius 2 is 2.00 bits per heavy atom. The number of hydrogen-bond acceptors (Lipinski definition) is 3. The topological polar surface area (TPSA) is 53.8 Å². The van der Waals surface area contributed by atoms with E-state index in [4.69, 9.17) is 0 Å². The molecule has 3 rings (SSSR count). The van der Waals surface area contributed by atoms with E-state index in [9.17, 15) is 4.79 Å². The highest BCUT2D eigenvalue weighted by Crippen LogP contribution is 2.15. The van der Waals surface area contributed by atoms with Gasteiger partial charge in [0.25, 0.3) is 5.91 Å². The van der Waals surface area contributed by atoms with E-state index in [2.05, 4.69) is 15.3 Å². The lowest BCUT2D eigenvalue weighted by atomic mass is 10.1. The van der Waals surface area contributed by atoms with E-state index in [0.717, 1.165) is 5.56 Å². The summed E-state index contributed by atoms with van der Waals surface area (Å²) in [5, 5.41) is 2.72. The SMILES string of the molecule is O=C1NCC=C2N=C(Cc3ccccc3)N=C12. The van der Waals surface area contributed by atoms with Crippen LogP contribution in [0.5, 0.6) is 0 Å². The number of amides is 1. The molecule has 0 unspecified atom stereocenters. The summed E-state index contributed by atoms with van der Waals surface area (Å²) < 4.78 is 0. The molecule has 4 nitrogen and oxygen atoms in total. The van der Waals surface area contributed by atoms with Gasteiger partial charge in [0.15, 0.2) is 5.71 Å². The van der Waals surface area contributed by atoms with Crippen LogP contribution in [0.1, 0.15) is 5.56 Å². The second kappa shape index (κ2) is 3.97. The van der Waals surface area contributed by atoms with Crippen LogP contribution in [-0.4, -0.2) is 24.0 Å². The van der Waals surface area contributed by atoms with Crippen LogP contribution in [-0.2, 0) is 11.2 Å². The molecule has 4 heteroatoms. The number of rotatable bonds is 2. The molecule has 84 valence electrons. The number of fused-ring (bicyclic) bond motifs is 1. The minimum absolute atomic E-state index is 0.130. The zero-order chi connectivity index (χ0) is 11.7. The smallest absolute Gasteiger partial charge is 0.272 e. The fraction of sp³-hybridized carbons (Fsp3) is 0.154. The number of benzene rings is 1. The first-order chi connectivity index (χ1) is 8.33. The van der Waals surface area contributed by atoms with E-state index in [0.29, 0.717) is 30.2 Å². The number of carbonyl (C=O) groups excluding carboxylic acids is 1. The molecular formula is C13H11N3O. The molecule has 0 radical (unpaired) electrons. The van der Waals surface area contributed by atoms with Crippen LogP contribution >= 0.6 is 0 Å². The lowest BCUT2D eigenvalue weighted by Gasteiger charge is -2.07. The number of hydrogen-bond donors (Lipinski definition) is 1. The Labute approximate surface area is 98.8 Å². The lowest BCUT2D eigenvalue weighted by molar-refractivity contribution is -0.114. The van der Waals surface area contributed by atoms with Crippen LogP contribution in [0.4, 0.5) is 0 Å². The van der Waals surface area contributed by atoms with Crippen molar-refractivity contribution in [3.63, 3.8) is 0 Å². The predicted molar refractivity (Wildman–Crippen MR) is 66.1 cm³/mol. The summed E-state index contributed by atoms with van der Waals surface area (Å²) in [7, 11) is 0. The lowest BCUT2D eigenvalue weighted by Crippen LogP contribution is -2.35. The molecule has 2 aliphatic rings. The van der Waals surface area contributed by atoms with Crippen molar-refractivity contribution in [2.45, 2.75) is 6.42 Å². The van der Waals surface area contributed by atoms with Crippen LogP contribution in [0.2, 0.25) is 0 Å². The molecule has 1 amide bonds. The van der Waals surface area contributed by atoms with Gasteiger partial charge < -0.3 is 5.32 Å². The Morgan fingerprint density at radius 3 is 2.76 bits per heavy atom. The number of nitrogens with one attached hydrogen (secondary N) is 1. The van der Waals surface area contributed by atoms with E-state index >= 15 is 0 Å². The number of carbonyl (C=O) groups is 1. The largest absolute Gasteiger partial charge is 0.347 e. The van der Waals surface area contributed by atoms with Gasteiger partial charge in [-0.25, -0.2) is 9.98 Å². The zero-order valence-corrected chi connectivity index (χ0v) is 9.18. The van der Waals surface area contributed by atoms with Crippen LogP contribution in [0.3, 0.4) is 0 Å². The molecule has 2 heterocycles. The maximum absolute atomic E-state index is 11.5. The molecule has 1 N–H and O–H groups in total. The Morgan fingerprint density at radius 1 is 1.18 bits per heavy atom. The van der Waals surface area contributed by atoms with Crippen molar-refractivity contribution in [1.82, 2.24) is 5.32 Å². The minimum atomic E-state index is -0.130. The average Bonchev–Trinajstić information content (AvgIpc) is 2.74. The van der Waals surface area contributed by atoms with E-state index in [-0.39, 0.29) is 5.91 Å². The van der Waals surface area contributed by atoms with Crippen molar-refractivity contribution in [3.8, 4) is 0 Å². The fourth-order valence-corrected chi connectivity index (χ4v) is 1.89. The molecule has 2 aliphatic heterocycles. The van der Waals surface area contributed by atoms with Gasteiger partial charge in [0.1, 0.15) is 5.84 Å². The van der Waals surface area contributed by atoms with E-state index in [1.165, 1.54) is 0 Å². The molecule has 1 aromatic carbocycles. The molecule has 0 bridgehead atoms. The highest BCUT2D eigenvalue weighted by Gasteiger charge is 2.25. The molecular weight excluding hydrogens is 214 g/mol. The van der Waals surface area contributed by atoms with Crippen molar-refractivity contribution < 1.29 is 4.79 Å². The second-order valence-electron chi connectivity index (χ2n) is 3.95. The summed E-state index contributed by atoms with van der Waals surface area (Å²) >= 11 is 0. The van der Waals surface area contributed by atoms with Gasteiger partial charge in [-0.05, 0) is 11.6 Å². The first kappa shape index (κ1) is 9.96. The fourth-order valence-electron chi connectivity index (χ4n) is 1.89. The molecule has 17 heavy (non-hydrogen) atoms. The summed E-state index contributed by atoms with van der Waals surface area (Å²) in [5.41, 5.74) is 2.30. The van der Waals surface area contributed by atoms with Crippen molar-refractivity contribution in [1.29, 1.82) is 0 Å². The molecule has 0 atom stereocenters. The highest BCUT2D eigenvalue weighted by atomic mass is 16.2. The maximum Gasteiger partial charge on any atom is 0.272 e. The summed E-state index contributed by atoms with van der Waals surface area (Å²) in [5.74, 6) is 0.573. The standard InChI is InChI=1S/C13H11N3O/c17-13-12-10(6-7-14-13)15-11(16-12)8-9-4-2-1-3-5-9/h1-6H,7-8H2,(H,14,17). The molecule has 0 saturated carbocycles. The van der Waals surface area contributed by atoms with E-state index in [1.807, 2.05) is 36.4 Å². The van der Waals surface area contributed by atoms with Gasteiger partial charge in [0, 0.05) is 13.0 Å². The Kier molecular flexibility index (Phi) is 2.33. The number of aliphatic imine (C=N–C) groups is 2. The van der Waals surface area contributed by atoms with Crippen molar-refractivity contribution in [2.75, 3.05) is 6.54 Å². The van der Waals surface area contributed by atoms with Crippen LogP contribution in [0, 0.1) is 0 Å². The summed E-state index contributed by atoms with van der Waals surface area (Å²) in [6, 6.07) is 9.99. The maximum atomic E-state index is 11.5. The van der Waals surface area contributed by atoms with Crippen LogP contribution in [0.25, 0.3) is 0 Å². The molecule has 0 saturated heterocycles. The third-order valence-electron chi connectivity index (χ3n) is 2.71. The second-order valence-corrected chi connectivity index (χ2v) is 3.95. The van der Waals surface area contributed by atoms with Crippen molar-refractivity contribution in [3.05, 3.63) is 47.7 Å². The van der Waals surface area contributed by atoms with Gasteiger partial charge in [0.2, 0.25) is 0 Å². The zero-order valence-electron chi connectivity index (χ0n) is 9.18. The predicted octanol–water partition coefficient (Wildman–Crippen LogP) is 1.10. The Balaban J connectivity index is 1.86. The first-order valence-corrected chi connectivity index (χ1v) is 5.52. The molecule has 0 aromatic heterocycles. The monoisotopic (exact) mass is 225 g/mol. The highest BCUT2D eigenvalue weighted by molar-refractivity contribution is 6.48. The third kappa shape index (κ3) is 1.89. The van der Waals surface area contributed by atoms with Crippen molar-refractivity contribution >= 4 is 17.5 Å². The van der Waals surface area contributed by atoms with Gasteiger partial charge in [-0.2, -0.15) is 0 Å². The summed E-state index contributed by atoms with van der Waals surface area (Å²) in [6.45, 7) is 0.537.